The smallest absolute Gasteiger partial charge is 0.224 e. The maximum atomic E-state index is 12.0. The van der Waals surface area contributed by atoms with Crippen LogP contribution in [0.3, 0.4) is 0 Å². The first-order valence-electron chi connectivity index (χ1n) is 8.00. The van der Waals surface area contributed by atoms with Gasteiger partial charge in [0, 0.05) is 32.2 Å². The molecule has 1 aliphatic carbocycles. The van der Waals surface area contributed by atoms with Gasteiger partial charge in [0.05, 0.1) is 25.0 Å². The van der Waals surface area contributed by atoms with Gasteiger partial charge < -0.3 is 15.4 Å². The average molecular weight is 297 g/mol. The number of rotatable bonds is 7. The van der Waals surface area contributed by atoms with E-state index in [4.69, 9.17) is 4.74 Å². The minimum atomic E-state index is -0.126. The Bertz CT molecular complexity index is 369. The largest absolute Gasteiger partial charge is 0.379 e. The fraction of sp³-hybridized carbons (Fsp3) is 0.867. The Hall–Kier alpha value is -1.14. The fourth-order valence-corrected chi connectivity index (χ4v) is 2.52. The molecule has 21 heavy (non-hydrogen) atoms. The van der Waals surface area contributed by atoms with Gasteiger partial charge >= 0.3 is 0 Å². The molecule has 6 heteroatoms. The van der Waals surface area contributed by atoms with E-state index < -0.39 is 0 Å². The zero-order valence-electron chi connectivity index (χ0n) is 13.1. The lowest BCUT2D eigenvalue weighted by Gasteiger charge is -2.26. The van der Waals surface area contributed by atoms with Crippen LogP contribution in [0.2, 0.25) is 0 Å². The van der Waals surface area contributed by atoms with Crippen LogP contribution in [0, 0.1) is 11.8 Å². The van der Waals surface area contributed by atoms with E-state index in [-0.39, 0.29) is 29.7 Å². The molecule has 2 rings (SSSR count). The third kappa shape index (κ3) is 4.97. The second-order valence-electron chi connectivity index (χ2n) is 6.01. The molecule has 2 aliphatic rings. The number of carbonyl (C=O) groups is 2. The van der Waals surface area contributed by atoms with Gasteiger partial charge in [-0.15, -0.1) is 0 Å². The van der Waals surface area contributed by atoms with Gasteiger partial charge in [-0.05, 0) is 19.8 Å². The molecule has 1 aliphatic heterocycles. The summed E-state index contributed by atoms with van der Waals surface area (Å²) < 4.78 is 5.28. The molecule has 120 valence electrons. The highest BCUT2D eigenvalue weighted by molar-refractivity contribution is 5.92. The van der Waals surface area contributed by atoms with Gasteiger partial charge in [0.25, 0.3) is 0 Å². The molecule has 1 saturated heterocycles. The van der Waals surface area contributed by atoms with E-state index in [0.29, 0.717) is 13.0 Å². The topological polar surface area (TPSA) is 70.7 Å². The van der Waals surface area contributed by atoms with E-state index in [1.165, 1.54) is 0 Å². The Morgan fingerprint density at radius 2 is 1.90 bits per heavy atom. The monoisotopic (exact) mass is 297 g/mol. The summed E-state index contributed by atoms with van der Waals surface area (Å²) in [6, 6.07) is 0.183. The maximum absolute atomic E-state index is 12.0. The summed E-state index contributed by atoms with van der Waals surface area (Å²) in [4.78, 5) is 26.2. The Kier molecular flexibility index (Phi) is 5.99. The summed E-state index contributed by atoms with van der Waals surface area (Å²) in [6.07, 6.45) is 1.60. The van der Waals surface area contributed by atoms with Crippen LogP contribution in [0.25, 0.3) is 0 Å². The van der Waals surface area contributed by atoms with Crippen molar-refractivity contribution >= 4 is 11.8 Å². The lowest BCUT2D eigenvalue weighted by Crippen LogP contribution is -2.42. The molecule has 0 aromatic rings. The molecule has 0 radical (unpaired) electrons. The molecule has 2 N–H and O–H groups in total. The first-order valence-corrected chi connectivity index (χ1v) is 8.00. The van der Waals surface area contributed by atoms with Crippen LogP contribution in [-0.4, -0.2) is 62.1 Å². The summed E-state index contributed by atoms with van der Waals surface area (Å²) in [5.74, 6) is -0.202. The maximum Gasteiger partial charge on any atom is 0.224 e. The molecule has 2 amide bonds. The lowest BCUT2D eigenvalue weighted by atomic mass is 10.2. The predicted molar refractivity (Wildman–Crippen MR) is 79.8 cm³/mol. The lowest BCUT2D eigenvalue weighted by molar-refractivity contribution is -0.127. The van der Waals surface area contributed by atoms with Crippen molar-refractivity contribution in [3.05, 3.63) is 0 Å². The van der Waals surface area contributed by atoms with Crippen LogP contribution in [0.15, 0.2) is 0 Å². The molecule has 0 aromatic heterocycles. The highest BCUT2D eigenvalue weighted by atomic mass is 16.5. The minimum absolute atomic E-state index is 0.0209. The number of carbonyl (C=O) groups excluding carboxylic acids is 2. The molecule has 0 bridgehead atoms. The van der Waals surface area contributed by atoms with Crippen molar-refractivity contribution in [2.24, 2.45) is 11.8 Å². The molecule has 1 saturated carbocycles. The summed E-state index contributed by atoms with van der Waals surface area (Å²) in [7, 11) is 0. The van der Waals surface area contributed by atoms with Gasteiger partial charge in [0.1, 0.15) is 0 Å². The minimum Gasteiger partial charge on any atom is -0.379 e. The SMILES string of the molecule is CCC(C)NC(=O)C1CC1C(=O)NCCN1CCOCC1. The standard InChI is InChI=1S/C15H27N3O3/c1-3-11(2)17-15(20)13-10-12(13)14(19)16-4-5-18-6-8-21-9-7-18/h11-13H,3-10H2,1-2H3,(H,16,19)(H,17,20). The molecule has 6 nitrogen and oxygen atoms in total. The number of nitrogens with one attached hydrogen (secondary N) is 2. The van der Waals surface area contributed by atoms with E-state index in [1.54, 1.807) is 0 Å². The normalized spacial score (nSPS) is 27.0. The van der Waals surface area contributed by atoms with Crippen LogP contribution < -0.4 is 10.6 Å². The van der Waals surface area contributed by atoms with Gasteiger partial charge in [-0.25, -0.2) is 0 Å². The van der Waals surface area contributed by atoms with Crippen molar-refractivity contribution < 1.29 is 14.3 Å². The molecule has 1 heterocycles. The van der Waals surface area contributed by atoms with E-state index in [1.807, 2.05) is 13.8 Å². The quantitative estimate of drug-likeness (QED) is 0.693. The van der Waals surface area contributed by atoms with Crippen molar-refractivity contribution in [2.75, 3.05) is 39.4 Å². The van der Waals surface area contributed by atoms with Crippen molar-refractivity contribution in [2.45, 2.75) is 32.7 Å². The van der Waals surface area contributed by atoms with Crippen molar-refractivity contribution in [3.8, 4) is 0 Å². The van der Waals surface area contributed by atoms with Crippen molar-refractivity contribution in [3.63, 3.8) is 0 Å². The second kappa shape index (κ2) is 7.75. The molecule has 2 fully saturated rings. The van der Waals surface area contributed by atoms with Gasteiger partial charge in [-0.2, -0.15) is 0 Å². The number of amides is 2. The average Bonchev–Trinajstić information content (AvgIpc) is 3.28. The Morgan fingerprint density at radius 3 is 2.57 bits per heavy atom. The second-order valence-corrected chi connectivity index (χ2v) is 6.01. The van der Waals surface area contributed by atoms with Crippen molar-refractivity contribution in [1.82, 2.24) is 15.5 Å². The fourth-order valence-electron chi connectivity index (χ4n) is 2.52. The number of morpholine rings is 1. The molecule has 3 unspecified atom stereocenters. The molecule has 3 atom stereocenters. The molecular weight excluding hydrogens is 270 g/mol. The third-order valence-corrected chi connectivity index (χ3v) is 4.30. The van der Waals surface area contributed by atoms with Gasteiger partial charge in [0.2, 0.25) is 11.8 Å². The van der Waals surface area contributed by atoms with E-state index in [9.17, 15) is 9.59 Å². The van der Waals surface area contributed by atoms with Gasteiger partial charge in [-0.3, -0.25) is 14.5 Å². The van der Waals surface area contributed by atoms with Crippen molar-refractivity contribution in [1.29, 1.82) is 0 Å². The zero-order chi connectivity index (χ0) is 15.2. The Labute approximate surface area is 126 Å². The first kappa shape index (κ1) is 16.2. The van der Waals surface area contributed by atoms with Crippen LogP contribution >= 0.6 is 0 Å². The van der Waals surface area contributed by atoms with Crippen LogP contribution in [0.5, 0.6) is 0 Å². The number of nitrogens with zero attached hydrogens (tertiary/aromatic N) is 1. The van der Waals surface area contributed by atoms with Crippen LogP contribution in [-0.2, 0) is 14.3 Å². The number of hydrogen-bond acceptors (Lipinski definition) is 4. The summed E-state index contributed by atoms with van der Waals surface area (Å²) in [6.45, 7) is 8.92. The molecule has 0 spiro atoms. The van der Waals surface area contributed by atoms with Gasteiger partial charge in [-0.1, -0.05) is 6.92 Å². The summed E-state index contributed by atoms with van der Waals surface area (Å²) in [5, 5.41) is 5.89. The molecule has 0 aromatic carbocycles. The Morgan fingerprint density at radius 1 is 1.24 bits per heavy atom. The van der Waals surface area contributed by atoms with Crippen LogP contribution in [0.1, 0.15) is 26.7 Å². The number of hydrogen-bond donors (Lipinski definition) is 2. The summed E-state index contributed by atoms with van der Waals surface area (Å²) in [5.41, 5.74) is 0. The van der Waals surface area contributed by atoms with E-state index in [0.717, 1.165) is 39.3 Å². The molecular formula is C15H27N3O3. The summed E-state index contributed by atoms with van der Waals surface area (Å²) >= 11 is 0. The number of ether oxygens (including phenoxy) is 1. The highest BCUT2D eigenvalue weighted by Gasteiger charge is 2.47. The first-order chi connectivity index (χ1) is 10.1. The van der Waals surface area contributed by atoms with Gasteiger partial charge in [0.15, 0.2) is 0 Å². The highest BCUT2D eigenvalue weighted by Crippen LogP contribution is 2.38. The van der Waals surface area contributed by atoms with Crippen LogP contribution in [0.4, 0.5) is 0 Å². The predicted octanol–water partition coefficient (Wildman–Crippen LogP) is -0.0144. The zero-order valence-corrected chi connectivity index (χ0v) is 13.1. The van der Waals surface area contributed by atoms with E-state index >= 15 is 0 Å². The Balaban J connectivity index is 1.60. The third-order valence-electron chi connectivity index (χ3n) is 4.30. The van der Waals surface area contributed by atoms with E-state index in [2.05, 4.69) is 15.5 Å².